The van der Waals surface area contributed by atoms with Crippen LogP contribution in [-0.4, -0.2) is 68.6 Å². The van der Waals surface area contributed by atoms with Crippen LogP contribution in [-0.2, 0) is 10.3 Å². The number of hydrogen-bond acceptors (Lipinski definition) is 7. The Morgan fingerprint density at radius 3 is 2.81 bits per heavy atom. The molecule has 164 valence electrons. The Morgan fingerprint density at radius 1 is 1.26 bits per heavy atom. The Labute approximate surface area is 183 Å². The van der Waals surface area contributed by atoms with Gasteiger partial charge in [-0.3, -0.25) is 9.89 Å². The molecule has 2 aromatic rings. The predicted molar refractivity (Wildman–Crippen MR) is 121 cm³/mol. The number of aliphatic imine (C=N–C) groups is 1. The molecule has 1 fully saturated rings. The molecule has 2 aromatic heterocycles. The summed E-state index contributed by atoms with van der Waals surface area (Å²) < 4.78 is 0. The fourth-order valence-corrected chi connectivity index (χ4v) is 4.82. The van der Waals surface area contributed by atoms with Gasteiger partial charge in [0.25, 0.3) is 0 Å². The predicted octanol–water partition coefficient (Wildman–Crippen LogP) is 2.63. The fraction of sp³-hybridized carbons (Fsp3) is 0.522. The van der Waals surface area contributed by atoms with Gasteiger partial charge in [0, 0.05) is 31.0 Å². The average Bonchev–Trinajstić information content (AvgIpc) is 3.36. The summed E-state index contributed by atoms with van der Waals surface area (Å²) in [5, 5.41) is 12.4. The number of piperidine rings is 1. The molecule has 0 amide bonds. The number of likely N-dealkylation sites (tertiary alicyclic amines) is 1. The number of carbonyl (C=O) groups excluding carboxylic acids is 1. The van der Waals surface area contributed by atoms with Crippen molar-refractivity contribution in [3.05, 3.63) is 48.4 Å². The minimum atomic E-state index is -0.736. The van der Waals surface area contributed by atoms with Crippen molar-refractivity contribution in [2.45, 2.75) is 56.7 Å². The third-order valence-electron chi connectivity index (χ3n) is 6.75. The topological polar surface area (TPSA) is 88.3 Å². The number of aryl methyl sites for hydroxylation is 1. The molecule has 0 saturated carbocycles. The van der Waals surface area contributed by atoms with E-state index in [0.717, 1.165) is 50.0 Å². The zero-order chi connectivity index (χ0) is 21.7. The van der Waals surface area contributed by atoms with Gasteiger partial charge in [-0.15, -0.1) is 0 Å². The molecule has 4 heterocycles. The first kappa shape index (κ1) is 21.4. The molecule has 0 bridgehead atoms. The van der Waals surface area contributed by atoms with E-state index in [0.29, 0.717) is 6.54 Å². The van der Waals surface area contributed by atoms with Gasteiger partial charge >= 0.3 is 0 Å². The summed E-state index contributed by atoms with van der Waals surface area (Å²) in [6.45, 7) is 6.66. The average molecular weight is 422 g/mol. The largest absolute Gasteiger partial charge is 0.368 e. The Kier molecular flexibility index (Phi) is 6.27. The van der Waals surface area contributed by atoms with E-state index in [1.54, 1.807) is 23.4 Å². The number of hydrogen-bond donors (Lipinski definition) is 1. The molecule has 1 unspecified atom stereocenters. The first-order valence-electron chi connectivity index (χ1n) is 11.1. The first-order chi connectivity index (χ1) is 15.1. The van der Waals surface area contributed by atoms with Crippen molar-refractivity contribution in [2.24, 2.45) is 4.99 Å². The highest BCUT2D eigenvalue weighted by molar-refractivity contribution is 5.77. The minimum Gasteiger partial charge on any atom is -0.368 e. The first-order valence-corrected chi connectivity index (χ1v) is 11.1. The smallest absolute Gasteiger partial charge is 0.147 e. The molecular formula is C23H31N7O. The van der Waals surface area contributed by atoms with Gasteiger partial charge in [-0.25, -0.2) is 4.98 Å². The third-order valence-corrected chi connectivity index (χ3v) is 6.75. The standard InChI is InChI=1S/C23H31N7O/c1-3-22(17-26-21-8-7-19(2)15-25-21)9-4-5-14-29(22)18-23(30-27-12-13-28-30)10-6-11-24-20(23)16-31/h6-8,10-13,15-16,20H,3-5,9,14,17-18H2,1-2H3,(H,25,26)/t20-,22?,23-/m1/s1. The summed E-state index contributed by atoms with van der Waals surface area (Å²) in [5.41, 5.74) is 0.362. The lowest BCUT2D eigenvalue weighted by atomic mass is 9.80. The highest BCUT2D eigenvalue weighted by Crippen LogP contribution is 2.36. The molecule has 1 saturated heterocycles. The second-order valence-corrected chi connectivity index (χ2v) is 8.58. The summed E-state index contributed by atoms with van der Waals surface area (Å²) in [5.74, 6) is 0.889. The van der Waals surface area contributed by atoms with Crippen LogP contribution in [0.3, 0.4) is 0 Å². The molecule has 0 aliphatic carbocycles. The van der Waals surface area contributed by atoms with Crippen molar-refractivity contribution >= 4 is 18.3 Å². The third kappa shape index (κ3) is 4.17. The summed E-state index contributed by atoms with van der Waals surface area (Å²) >= 11 is 0. The summed E-state index contributed by atoms with van der Waals surface area (Å²) in [6.07, 6.45) is 16.1. The SMILES string of the molecule is CCC1(CNc2ccc(C)cn2)CCCCN1C[C@]1(n2nccn2)C=CC=N[C@@H]1C=O. The lowest BCUT2D eigenvalue weighted by Gasteiger charge is -2.51. The number of aldehydes is 1. The Hall–Kier alpha value is -2.87. The van der Waals surface area contributed by atoms with Gasteiger partial charge in [0.2, 0.25) is 0 Å². The van der Waals surface area contributed by atoms with Crippen LogP contribution in [0.25, 0.3) is 0 Å². The van der Waals surface area contributed by atoms with Gasteiger partial charge in [0.05, 0.1) is 12.4 Å². The number of anilines is 1. The lowest BCUT2D eigenvalue weighted by molar-refractivity contribution is -0.111. The van der Waals surface area contributed by atoms with Crippen molar-refractivity contribution in [2.75, 3.05) is 25.0 Å². The number of nitrogens with one attached hydrogen (secondary N) is 1. The zero-order valence-corrected chi connectivity index (χ0v) is 18.3. The van der Waals surface area contributed by atoms with Gasteiger partial charge in [0.1, 0.15) is 23.7 Å². The monoisotopic (exact) mass is 421 g/mol. The highest BCUT2D eigenvalue weighted by Gasteiger charge is 2.47. The van der Waals surface area contributed by atoms with Crippen molar-refractivity contribution in [3.8, 4) is 0 Å². The van der Waals surface area contributed by atoms with E-state index in [4.69, 9.17) is 0 Å². The van der Waals surface area contributed by atoms with Crippen LogP contribution in [0.1, 0.15) is 38.2 Å². The molecule has 0 radical (unpaired) electrons. The molecule has 4 rings (SSSR count). The van der Waals surface area contributed by atoms with Crippen molar-refractivity contribution in [1.29, 1.82) is 0 Å². The van der Waals surface area contributed by atoms with Gasteiger partial charge in [-0.1, -0.05) is 19.4 Å². The maximum absolute atomic E-state index is 12.0. The molecule has 2 aliphatic heterocycles. The Bertz CT molecular complexity index is 924. The van der Waals surface area contributed by atoms with E-state index in [1.807, 2.05) is 31.3 Å². The normalized spacial score (nSPS) is 28.5. The minimum absolute atomic E-state index is 0.0482. The lowest BCUT2D eigenvalue weighted by Crippen LogP contribution is -2.62. The van der Waals surface area contributed by atoms with E-state index in [2.05, 4.69) is 43.4 Å². The van der Waals surface area contributed by atoms with Gasteiger partial charge in [-0.05, 0) is 56.5 Å². The molecule has 3 atom stereocenters. The van der Waals surface area contributed by atoms with Crippen LogP contribution in [0.15, 0.2) is 47.9 Å². The second kappa shape index (κ2) is 9.09. The second-order valence-electron chi connectivity index (χ2n) is 8.58. The molecule has 8 heteroatoms. The molecule has 8 nitrogen and oxygen atoms in total. The number of allylic oxidation sites excluding steroid dienone is 1. The van der Waals surface area contributed by atoms with Gasteiger partial charge < -0.3 is 10.1 Å². The number of aromatic nitrogens is 4. The van der Waals surface area contributed by atoms with E-state index in [9.17, 15) is 4.79 Å². The van der Waals surface area contributed by atoms with Crippen LogP contribution >= 0.6 is 0 Å². The van der Waals surface area contributed by atoms with Crippen molar-refractivity contribution < 1.29 is 4.79 Å². The summed E-state index contributed by atoms with van der Waals surface area (Å²) in [6, 6.07) is 3.54. The van der Waals surface area contributed by atoms with Crippen molar-refractivity contribution in [3.63, 3.8) is 0 Å². The molecule has 31 heavy (non-hydrogen) atoms. The molecule has 2 aliphatic rings. The number of nitrogens with zero attached hydrogens (tertiary/aromatic N) is 6. The van der Waals surface area contributed by atoms with E-state index >= 15 is 0 Å². The maximum atomic E-state index is 12.0. The molecule has 0 aromatic carbocycles. The van der Waals surface area contributed by atoms with Crippen LogP contribution in [0, 0.1) is 6.92 Å². The summed E-state index contributed by atoms with van der Waals surface area (Å²) in [7, 11) is 0. The number of carbonyl (C=O) groups is 1. The van der Waals surface area contributed by atoms with Gasteiger partial charge in [-0.2, -0.15) is 15.0 Å². The van der Waals surface area contributed by atoms with Crippen LogP contribution < -0.4 is 5.32 Å². The number of rotatable bonds is 8. The van der Waals surface area contributed by atoms with E-state index < -0.39 is 11.6 Å². The highest BCUT2D eigenvalue weighted by atomic mass is 16.1. The molecular weight excluding hydrogens is 390 g/mol. The van der Waals surface area contributed by atoms with Crippen LogP contribution in [0.5, 0.6) is 0 Å². The number of pyridine rings is 1. The quantitative estimate of drug-likeness (QED) is 0.659. The van der Waals surface area contributed by atoms with Crippen LogP contribution in [0.2, 0.25) is 0 Å². The van der Waals surface area contributed by atoms with Crippen LogP contribution in [0.4, 0.5) is 5.82 Å². The van der Waals surface area contributed by atoms with Gasteiger partial charge in [0.15, 0.2) is 0 Å². The fourth-order valence-electron chi connectivity index (χ4n) is 4.82. The van der Waals surface area contributed by atoms with E-state index in [1.165, 1.54) is 6.42 Å². The van der Waals surface area contributed by atoms with E-state index in [-0.39, 0.29) is 5.54 Å². The summed E-state index contributed by atoms with van der Waals surface area (Å²) in [4.78, 5) is 25.2. The molecule has 1 N–H and O–H groups in total. The Morgan fingerprint density at radius 2 is 2.10 bits per heavy atom. The van der Waals surface area contributed by atoms with Crippen molar-refractivity contribution in [1.82, 2.24) is 24.9 Å². The molecule has 0 spiro atoms. The maximum Gasteiger partial charge on any atom is 0.147 e. The zero-order valence-electron chi connectivity index (χ0n) is 18.3. The Balaban J connectivity index is 1.63. The number of dihydropyridines is 1.